The summed E-state index contributed by atoms with van der Waals surface area (Å²) < 4.78 is 25.2. The topological polar surface area (TPSA) is 84.9 Å². The van der Waals surface area contributed by atoms with E-state index in [0.29, 0.717) is 27.1 Å². The normalized spacial score (nSPS) is 14.8. The molecular formula is C25H16BrCl2FN2O5. The van der Waals surface area contributed by atoms with Crippen molar-refractivity contribution >= 4 is 68.7 Å². The number of benzene rings is 3. The smallest absolute Gasteiger partial charge is 0.335 e. The number of hydrogen-bond donors (Lipinski definition) is 1. The highest BCUT2D eigenvalue weighted by atomic mass is 79.9. The van der Waals surface area contributed by atoms with E-state index in [0.717, 1.165) is 4.90 Å². The molecular weight excluding hydrogens is 578 g/mol. The van der Waals surface area contributed by atoms with Crippen LogP contribution in [0.5, 0.6) is 11.5 Å². The van der Waals surface area contributed by atoms with Crippen LogP contribution in [0.4, 0.5) is 14.9 Å². The summed E-state index contributed by atoms with van der Waals surface area (Å²) in [7, 11) is 1.43. The van der Waals surface area contributed by atoms with Crippen molar-refractivity contribution in [2.75, 3.05) is 12.0 Å². The van der Waals surface area contributed by atoms with Gasteiger partial charge in [-0.3, -0.25) is 14.9 Å². The molecule has 1 aliphatic heterocycles. The number of rotatable bonds is 6. The minimum Gasteiger partial charge on any atom is -0.493 e. The maximum absolute atomic E-state index is 13.5. The van der Waals surface area contributed by atoms with E-state index in [1.807, 2.05) is 0 Å². The zero-order valence-electron chi connectivity index (χ0n) is 18.5. The number of anilines is 1. The van der Waals surface area contributed by atoms with Crippen LogP contribution in [-0.4, -0.2) is 25.0 Å². The minimum absolute atomic E-state index is 0.0781. The number of imide groups is 2. The Morgan fingerprint density at radius 3 is 2.53 bits per heavy atom. The van der Waals surface area contributed by atoms with E-state index in [1.54, 1.807) is 24.3 Å². The number of nitrogens with zero attached hydrogens (tertiary/aromatic N) is 1. The summed E-state index contributed by atoms with van der Waals surface area (Å²) in [6.45, 7) is 0.0781. The molecule has 7 nitrogen and oxygen atoms in total. The zero-order chi connectivity index (χ0) is 26.0. The molecule has 1 N–H and O–H groups in total. The number of methoxy groups -OCH3 is 1. The van der Waals surface area contributed by atoms with Crippen LogP contribution in [-0.2, 0) is 16.2 Å². The Hall–Kier alpha value is -3.40. The Bertz CT molecular complexity index is 1430. The second kappa shape index (κ2) is 10.7. The molecule has 0 aliphatic carbocycles. The average Bonchev–Trinajstić information content (AvgIpc) is 2.83. The monoisotopic (exact) mass is 592 g/mol. The van der Waals surface area contributed by atoms with Gasteiger partial charge in [0.05, 0.1) is 27.3 Å². The van der Waals surface area contributed by atoms with Gasteiger partial charge in [0.2, 0.25) is 0 Å². The maximum Gasteiger partial charge on any atom is 0.335 e. The lowest BCUT2D eigenvalue weighted by Gasteiger charge is -2.26. The predicted molar refractivity (Wildman–Crippen MR) is 137 cm³/mol. The van der Waals surface area contributed by atoms with Crippen molar-refractivity contribution in [2.45, 2.75) is 6.61 Å². The Labute approximate surface area is 223 Å². The molecule has 0 atom stereocenters. The van der Waals surface area contributed by atoms with Crippen LogP contribution in [0.1, 0.15) is 11.1 Å². The highest BCUT2D eigenvalue weighted by Gasteiger charge is 2.37. The molecule has 1 saturated heterocycles. The molecule has 0 spiro atoms. The first-order valence-electron chi connectivity index (χ1n) is 10.3. The van der Waals surface area contributed by atoms with Gasteiger partial charge in [-0.1, -0.05) is 35.3 Å². The fourth-order valence-corrected chi connectivity index (χ4v) is 4.29. The minimum atomic E-state index is -0.916. The molecule has 0 radical (unpaired) electrons. The van der Waals surface area contributed by atoms with Crippen molar-refractivity contribution in [2.24, 2.45) is 0 Å². The van der Waals surface area contributed by atoms with Gasteiger partial charge in [-0.15, -0.1) is 0 Å². The van der Waals surface area contributed by atoms with Crippen LogP contribution < -0.4 is 19.7 Å². The van der Waals surface area contributed by atoms with Crippen molar-refractivity contribution in [1.29, 1.82) is 0 Å². The van der Waals surface area contributed by atoms with Crippen molar-refractivity contribution in [3.63, 3.8) is 0 Å². The van der Waals surface area contributed by atoms with Crippen molar-refractivity contribution < 1.29 is 28.2 Å². The van der Waals surface area contributed by atoms with E-state index in [9.17, 15) is 18.8 Å². The van der Waals surface area contributed by atoms with Gasteiger partial charge in [0.15, 0.2) is 11.5 Å². The van der Waals surface area contributed by atoms with E-state index in [-0.39, 0.29) is 33.7 Å². The lowest BCUT2D eigenvalue weighted by Crippen LogP contribution is -2.54. The summed E-state index contributed by atoms with van der Waals surface area (Å²) in [4.78, 5) is 38.9. The molecule has 11 heteroatoms. The third-order valence-corrected chi connectivity index (χ3v) is 6.43. The van der Waals surface area contributed by atoms with E-state index in [4.69, 9.17) is 32.7 Å². The van der Waals surface area contributed by atoms with Gasteiger partial charge in [-0.25, -0.2) is 14.1 Å². The first-order valence-corrected chi connectivity index (χ1v) is 11.8. The van der Waals surface area contributed by atoms with Crippen LogP contribution in [0, 0.1) is 5.82 Å². The predicted octanol–water partition coefficient (Wildman–Crippen LogP) is 6.15. The highest BCUT2D eigenvalue weighted by molar-refractivity contribution is 9.10. The molecule has 4 amide bonds. The second-order valence-corrected chi connectivity index (χ2v) is 9.18. The number of halogens is 4. The summed E-state index contributed by atoms with van der Waals surface area (Å²) in [5.74, 6) is -1.44. The molecule has 3 aromatic rings. The molecule has 0 unspecified atom stereocenters. The number of amides is 4. The fourth-order valence-electron chi connectivity index (χ4n) is 3.43. The van der Waals surface area contributed by atoms with Gasteiger partial charge >= 0.3 is 6.03 Å². The summed E-state index contributed by atoms with van der Waals surface area (Å²) in [5, 5.41) is 2.53. The largest absolute Gasteiger partial charge is 0.493 e. The zero-order valence-corrected chi connectivity index (χ0v) is 21.6. The first kappa shape index (κ1) is 25.7. The number of carbonyl (C=O) groups excluding carboxylic acids is 3. The summed E-state index contributed by atoms with van der Waals surface area (Å²) in [6.07, 6.45) is 1.32. The Morgan fingerprint density at radius 1 is 1.06 bits per heavy atom. The third kappa shape index (κ3) is 5.38. The highest BCUT2D eigenvalue weighted by Crippen LogP contribution is 2.38. The second-order valence-electron chi connectivity index (χ2n) is 7.51. The van der Waals surface area contributed by atoms with Crippen LogP contribution >= 0.6 is 39.1 Å². The van der Waals surface area contributed by atoms with Gasteiger partial charge in [-0.05, 0) is 75.6 Å². The van der Waals surface area contributed by atoms with Crippen LogP contribution in [0.2, 0.25) is 10.0 Å². The molecule has 36 heavy (non-hydrogen) atoms. The van der Waals surface area contributed by atoms with Gasteiger partial charge in [0.25, 0.3) is 11.8 Å². The first-order chi connectivity index (χ1) is 17.2. The van der Waals surface area contributed by atoms with Crippen molar-refractivity contribution in [1.82, 2.24) is 5.32 Å². The summed E-state index contributed by atoms with van der Waals surface area (Å²) in [5.41, 5.74) is 0.888. The number of ether oxygens (including phenoxy) is 2. The lowest BCUT2D eigenvalue weighted by atomic mass is 10.1. The average molecular weight is 594 g/mol. The van der Waals surface area contributed by atoms with Crippen molar-refractivity contribution in [3.8, 4) is 11.5 Å². The van der Waals surface area contributed by atoms with E-state index < -0.39 is 17.8 Å². The third-order valence-electron chi connectivity index (χ3n) is 5.10. The van der Waals surface area contributed by atoms with E-state index >= 15 is 0 Å². The molecule has 1 aliphatic rings. The van der Waals surface area contributed by atoms with Gasteiger partial charge < -0.3 is 9.47 Å². The molecule has 3 aromatic carbocycles. The van der Waals surface area contributed by atoms with Crippen LogP contribution in [0.15, 0.2) is 64.6 Å². The molecule has 0 saturated carbocycles. The summed E-state index contributed by atoms with van der Waals surface area (Å²) >= 11 is 15.4. The molecule has 1 fully saturated rings. The van der Waals surface area contributed by atoms with Crippen LogP contribution in [0.25, 0.3) is 6.08 Å². The van der Waals surface area contributed by atoms with Crippen LogP contribution in [0.3, 0.4) is 0 Å². The number of urea groups is 1. The van der Waals surface area contributed by atoms with Gasteiger partial charge in [0.1, 0.15) is 18.0 Å². The van der Waals surface area contributed by atoms with Crippen molar-refractivity contribution in [3.05, 3.63) is 91.6 Å². The summed E-state index contributed by atoms with van der Waals surface area (Å²) in [6, 6.07) is 12.4. The number of barbiturate groups is 1. The Morgan fingerprint density at radius 2 is 1.83 bits per heavy atom. The van der Waals surface area contributed by atoms with E-state index in [2.05, 4.69) is 21.2 Å². The molecule has 4 rings (SSSR count). The van der Waals surface area contributed by atoms with Gasteiger partial charge in [0, 0.05) is 0 Å². The SMILES string of the molecule is COc1cc(/C=C2\C(=O)NC(=O)N(c3ccc(Cl)c(Cl)c3)C2=O)cc(Br)c1OCc1cccc(F)c1. The molecule has 0 aromatic heterocycles. The molecule has 1 heterocycles. The Kier molecular flexibility index (Phi) is 7.63. The van der Waals surface area contributed by atoms with Gasteiger partial charge in [-0.2, -0.15) is 0 Å². The fraction of sp³-hybridized carbons (Fsp3) is 0.0800. The number of carbonyl (C=O) groups is 3. The standard InChI is InChI=1S/C25H16BrCl2FN2O5/c1-35-21-10-14(9-18(26)22(21)36-12-13-3-2-4-15(29)7-13)8-17-23(32)30-25(34)31(24(17)33)16-5-6-19(27)20(28)11-16/h2-11H,12H2,1H3,(H,30,32,34)/b17-8+. The quantitative estimate of drug-likeness (QED) is 0.274. The van der Waals surface area contributed by atoms with E-state index in [1.165, 1.54) is 43.5 Å². The number of nitrogens with one attached hydrogen (secondary N) is 1. The molecule has 0 bridgehead atoms. The number of hydrogen-bond acceptors (Lipinski definition) is 5. The lowest BCUT2D eigenvalue weighted by molar-refractivity contribution is -0.122. The maximum atomic E-state index is 13.5. The Balaban J connectivity index is 1.65. The molecule has 184 valence electrons.